The van der Waals surface area contributed by atoms with Crippen molar-refractivity contribution in [1.82, 2.24) is 15.3 Å². The van der Waals surface area contributed by atoms with E-state index in [-0.39, 0.29) is 19.1 Å². The molecular weight excluding hydrogens is 426 g/mol. The maximum absolute atomic E-state index is 12.1. The van der Waals surface area contributed by atoms with Crippen LogP contribution >= 0.6 is 0 Å². The number of aromatic nitrogens is 2. The van der Waals surface area contributed by atoms with E-state index in [9.17, 15) is 4.79 Å². The molecule has 0 saturated heterocycles. The summed E-state index contributed by atoms with van der Waals surface area (Å²) in [6, 6.07) is 27.1. The molecule has 1 amide bonds. The molecule has 0 saturated carbocycles. The van der Waals surface area contributed by atoms with Gasteiger partial charge in [-0.2, -0.15) is 0 Å². The average molecular weight is 450 g/mol. The van der Waals surface area contributed by atoms with Crippen molar-refractivity contribution in [3.8, 4) is 33.8 Å². The quantitative estimate of drug-likeness (QED) is 0.310. The number of rotatable bonds is 7. The molecule has 2 aromatic heterocycles. The summed E-state index contributed by atoms with van der Waals surface area (Å²) in [6.07, 6.45) is 3.76. The summed E-state index contributed by atoms with van der Waals surface area (Å²) in [5, 5.41) is 12.5. The van der Waals surface area contributed by atoms with Crippen molar-refractivity contribution in [2.45, 2.75) is 0 Å². The lowest BCUT2D eigenvalue weighted by Gasteiger charge is -2.11. The van der Waals surface area contributed by atoms with Crippen LogP contribution in [0, 0.1) is 0 Å². The van der Waals surface area contributed by atoms with Crippen LogP contribution in [0.1, 0.15) is 10.4 Å². The zero-order chi connectivity index (χ0) is 23.3. The van der Waals surface area contributed by atoms with Gasteiger partial charge < -0.3 is 20.1 Å². The molecule has 0 spiro atoms. The number of nitrogens with zero attached hydrogens (tertiary/aromatic N) is 1. The first-order chi connectivity index (χ1) is 16.7. The summed E-state index contributed by atoms with van der Waals surface area (Å²) < 4.78 is 6.15. The van der Waals surface area contributed by atoms with Crippen LogP contribution in [0.3, 0.4) is 0 Å². The zero-order valence-corrected chi connectivity index (χ0v) is 18.4. The van der Waals surface area contributed by atoms with E-state index in [1.165, 1.54) is 0 Å². The molecule has 6 nitrogen and oxygen atoms in total. The molecular formula is C28H23N3O3. The highest BCUT2D eigenvalue weighted by Gasteiger charge is 2.13. The number of ether oxygens (including phenoxy) is 1. The zero-order valence-electron chi connectivity index (χ0n) is 18.4. The van der Waals surface area contributed by atoms with Crippen LogP contribution in [0.2, 0.25) is 0 Å². The van der Waals surface area contributed by atoms with Crippen molar-refractivity contribution in [3.05, 3.63) is 103 Å². The fraction of sp³-hybridized carbons (Fsp3) is 0.0714. The Morgan fingerprint density at radius 2 is 1.68 bits per heavy atom. The number of carbonyl (C=O) groups is 1. The fourth-order valence-corrected chi connectivity index (χ4v) is 3.87. The van der Waals surface area contributed by atoms with Crippen LogP contribution in [0.4, 0.5) is 0 Å². The summed E-state index contributed by atoms with van der Waals surface area (Å²) >= 11 is 0. The van der Waals surface area contributed by atoms with E-state index >= 15 is 0 Å². The molecule has 168 valence electrons. The van der Waals surface area contributed by atoms with Crippen LogP contribution in [0.5, 0.6) is 11.5 Å². The summed E-state index contributed by atoms with van der Waals surface area (Å²) in [5.74, 6) is 1.32. The molecule has 0 atom stereocenters. The van der Waals surface area contributed by atoms with Crippen LogP contribution < -0.4 is 10.1 Å². The summed E-state index contributed by atoms with van der Waals surface area (Å²) in [7, 11) is 0. The number of aromatic amines is 1. The number of H-pyrrole nitrogens is 1. The lowest BCUT2D eigenvalue weighted by molar-refractivity contribution is 0.0945. The fourth-order valence-electron chi connectivity index (χ4n) is 3.87. The number of carbonyl (C=O) groups excluding carboxylic acids is 1. The van der Waals surface area contributed by atoms with Gasteiger partial charge in [0.15, 0.2) is 0 Å². The molecule has 0 fully saturated rings. The summed E-state index contributed by atoms with van der Waals surface area (Å²) in [6.45, 7) is 0.140. The van der Waals surface area contributed by atoms with Gasteiger partial charge in [-0.25, -0.2) is 4.98 Å². The van der Waals surface area contributed by atoms with Crippen molar-refractivity contribution in [2.75, 3.05) is 13.2 Å². The first-order valence-electron chi connectivity index (χ1n) is 11.0. The second kappa shape index (κ2) is 9.60. The highest BCUT2D eigenvalue weighted by Crippen LogP contribution is 2.36. The van der Waals surface area contributed by atoms with Gasteiger partial charge in [0.25, 0.3) is 5.91 Å². The average Bonchev–Trinajstić information content (AvgIpc) is 3.31. The van der Waals surface area contributed by atoms with Crippen LogP contribution in [-0.4, -0.2) is 34.1 Å². The standard InChI is InChI=1S/C28H23N3O3/c32-15-14-29-28(33)20-12-10-19(11-13-20)25-18-31-27-24(25)16-21(17-30-27)23-8-4-5-9-26(23)34-22-6-2-1-3-7-22/h1-13,16-18,32H,14-15H2,(H,29,33)(H,30,31). The predicted octanol–water partition coefficient (Wildman–Crippen LogP) is 5.41. The molecule has 0 aliphatic carbocycles. The van der Waals surface area contributed by atoms with E-state index in [1.54, 1.807) is 12.1 Å². The highest BCUT2D eigenvalue weighted by molar-refractivity contribution is 5.98. The van der Waals surface area contributed by atoms with E-state index in [4.69, 9.17) is 9.84 Å². The maximum atomic E-state index is 12.1. The van der Waals surface area contributed by atoms with Crippen molar-refractivity contribution in [1.29, 1.82) is 0 Å². The minimum Gasteiger partial charge on any atom is -0.457 e. The van der Waals surface area contributed by atoms with Crippen molar-refractivity contribution in [3.63, 3.8) is 0 Å². The van der Waals surface area contributed by atoms with E-state index in [0.29, 0.717) is 5.56 Å². The Kier molecular flexibility index (Phi) is 6.05. The van der Waals surface area contributed by atoms with E-state index in [0.717, 1.165) is 44.8 Å². The third-order valence-electron chi connectivity index (χ3n) is 5.56. The largest absolute Gasteiger partial charge is 0.457 e. The molecule has 3 aromatic carbocycles. The lowest BCUT2D eigenvalue weighted by atomic mass is 10.0. The van der Waals surface area contributed by atoms with Gasteiger partial charge in [-0.15, -0.1) is 0 Å². The smallest absolute Gasteiger partial charge is 0.251 e. The molecule has 6 heteroatoms. The van der Waals surface area contributed by atoms with E-state index < -0.39 is 0 Å². The van der Waals surface area contributed by atoms with Gasteiger partial charge in [-0.1, -0.05) is 48.5 Å². The number of aliphatic hydroxyl groups excluding tert-OH is 1. The Labute approximate surface area is 196 Å². The molecule has 0 radical (unpaired) electrons. The Balaban J connectivity index is 1.49. The van der Waals surface area contributed by atoms with Crippen LogP contribution in [0.15, 0.2) is 97.3 Å². The Hall–Kier alpha value is -4.42. The SMILES string of the molecule is O=C(NCCO)c1ccc(-c2c[nH]c3ncc(-c4ccccc4Oc4ccccc4)cc23)cc1. The van der Waals surface area contributed by atoms with Crippen molar-refractivity contribution in [2.24, 2.45) is 0 Å². The minimum atomic E-state index is -0.210. The first-order valence-corrected chi connectivity index (χ1v) is 11.0. The third kappa shape index (κ3) is 4.40. The predicted molar refractivity (Wildman–Crippen MR) is 133 cm³/mol. The number of pyridine rings is 1. The van der Waals surface area contributed by atoms with Gasteiger partial charge in [-0.05, 0) is 42.0 Å². The van der Waals surface area contributed by atoms with E-state index in [1.807, 2.05) is 79.1 Å². The molecule has 5 aromatic rings. The van der Waals surface area contributed by atoms with Gasteiger partial charge in [-0.3, -0.25) is 4.79 Å². The van der Waals surface area contributed by atoms with Crippen LogP contribution in [-0.2, 0) is 0 Å². The Morgan fingerprint density at radius 3 is 2.47 bits per heavy atom. The second-order valence-corrected chi connectivity index (χ2v) is 7.79. The first kappa shape index (κ1) is 21.4. The third-order valence-corrected chi connectivity index (χ3v) is 5.56. The number of hydrogen-bond acceptors (Lipinski definition) is 4. The highest BCUT2D eigenvalue weighted by atomic mass is 16.5. The van der Waals surface area contributed by atoms with Gasteiger partial charge in [0.2, 0.25) is 0 Å². The van der Waals surface area contributed by atoms with Crippen molar-refractivity contribution >= 4 is 16.9 Å². The molecule has 0 bridgehead atoms. The van der Waals surface area contributed by atoms with Crippen molar-refractivity contribution < 1.29 is 14.6 Å². The van der Waals surface area contributed by atoms with Gasteiger partial charge in [0.1, 0.15) is 17.1 Å². The van der Waals surface area contributed by atoms with Gasteiger partial charge >= 0.3 is 0 Å². The minimum absolute atomic E-state index is 0.0893. The molecule has 5 rings (SSSR count). The number of fused-ring (bicyclic) bond motifs is 1. The molecule has 34 heavy (non-hydrogen) atoms. The topological polar surface area (TPSA) is 87.2 Å². The Morgan fingerprint density at radius 1 is 0.912 bits per heavy atom. The van der Waals surface area contributed by atoms with Crippen LogP contribution in [0.25, 0.3) is 33.3 Å². The molecule has 3 N–H and O–H groups in total. The lowest BCUT2D eigenvalue weighted by Crippen LogP contribution is -2.26. The van der Waals surface area contributed by atoms with Gasteiger partial charge in [0.05, 0.1) is 6.61 Å². The normalized spacial score (nSPS) is 10.9. The number of nitrogens with one attached hydrogen (secondary N) is 2. The number of hydrogen-bond donors (Lipinski definition) is 3. The number of para-hydroxylation sites is 2. The number of aliphatic hydroxyl groups is 1. The second-order valence-electron chi connectivity index (χ2n) is 7.79. The monoisotopic (exact) mass is 449 g/mol. The molecule has 0 aliphatic rings. The number of benzene rings is 3. The maximum Gasteiger partial charge on any atom is 0.251 e. The van der Waals surface area contributed by atoms with E-state index in [2.05, 4.69) is 21.4 Å². The number of amides is 1. The summed E-state index contributed by atoms with van der Waals surface area (Å²) in [5.41, 5.74) is 5.18. The van der Waals surface area contributed by atoms with Gasteiger partial charge in [0, 0.05) is 46.6 Å². The summed E-state index contributed by atoms with van der Waals surface area (Å²) in [4.78, 5) is 20.0. The molecule has 0 unspecified atom stereocenters. The Bertz CT molecular complexity index is 1430. The molecule has 0 aliphatic heterocycles. The molecule has 2 heterocycles.